The first-order valence-electron chi connectivity index (χ1n) is 9.69. The van der Waals surface area contributed by atoms with Crippen LogP contribution in [0.4, 0.5) is 0 Å². The third-order valence-corrected chi connectivity index (χ3v) is 5.36. The van der Waals surface area contributed by atoms with Gasteiger partial charge in [-0.05, 0) is 38.6 Å². The molecule has 1 aromatic carbocycles. The highest BCUT2D eigenvalue weighted by Crippen LogP contribution is 2.28. The van der Waals surface area contributed by atoms with Crippen LogP contribution in [0, 0.1) is 0 Å². The van der Waals surface area contributed by atoms with Crippen molar-refractivity contribution in [3.63, 3.8) is 0 Å². The molecule has 1 aliphatic rings. The van der Waals surface area contributed by atoms with E-state index in [0.29, 0.717) is 13.0 Å². The quantitative estimate of drug-likeness (QED) is 0.536. The number of allylic oxidation sites excluding steroid dienone is 3. The van der Waals surface area contributed by atoms with Gasteiger partial charge in [0.25, 0.3) is 0 Å². The predicted molar refractivity (Wildman–Crippen MR) is 116 cm³/mol. The molecule has 0 spiro atoms. The SMILES string of the molecule is C=N/C(=C\C(=C/C)n1ncc2ccc(-c3cnn(C)c3)cc21)N1CCC(C)(O)C1. The van der Waals surface area contributed by atoms with Crippen molar-refractivity contribution in [1.82, 2.24) is 24.5 Å². The second-order valence-electron chi connectivity index (χ2n) is 7.78. The molecule has 0 saturated carbocycles. The van der Waals surface area contributed by atoms with Crippen molar-refractivity contribution in [1.29, 1.82) is 0 Å². The van der Waals surface area contributed by atoms with Gasteiger partial charge in [0.1, 0.15) is 5.82 Å². The molecular weight excluding hydrogens is 364 g/mol. The zero-order valence-corrected chi connectivity index (χ0v) is 17.1. The van der Waals surface area contributed by atoms with Crippen LogP contribution in [0.5, 0.6) is 0 Å². The zero-order valence-electron chi connectivity index (χ0n) is 17.1. The van der Waals surface area contributed by atoms with Gasteiger partial charge in [0, 0.05) is 43.4 Å². The van der Waals surface area contributed by atoms with E-state index in [9.17, 15) is 5.11 Å². The summed E-state index contributed by atoms with van der Waals surface area (Å²) in [5.41, 5.74) is 3.36. The van der Waals surface area contributed by atoms with E-state index in [1.165, 1.54) is 0 Å². The summed E-state index contributed by atoms with van der Waals surface area (Å²) >= 11 is 0. The highest BCUT2D eigenvalue weighted by molar-refractivity contribution is 5.87. The molecule has 0 bridgehead atoms. The second-order valence-corrected chi connectivity index (χ2v) is 7.78. The fourth-order valence-corrected chi connectivity index (χ4v) is 3.75. The van der Waals surface area contributed by atoms with E-state index in [2.05, 4.69) is 45.0 Å². The van der Waals surface area contributed by atoms with Gasteiger partial charge in [0.15, 0.2) is 0 Å². The molecule has 4 rings (SSSR count). The molecule has 29 heavy (non-hydrogen) atoms. The van der Waals surface area contributed by atoms with Gasteiger partial charge in [-0.2, -0.15) is 10.2 Å². The number of rotatable bonds is 5. The van der Waals surface area contributed by atoms with Crippen LogP contribution in [0.2, 0.25) is 0 Å². The first-order valence-corrected chi connectivity index (χ1v) is 9.69. The van der Waals surface area contributed by atoms with Crippen molar-refractivity contribution >= 4 is 23.3 Å². The van der Waals surface area contributed by atoms with E-state index in [1.807, 2.05) is 56.3 Å². The van der Waals surface area contributed by atoms with E-state index in [0.717, 1.165) is 40.1 Å². The van der Waals surface area contributed by atoms with Crippen molar-refractivity contribution in [2.24, 2.45) is 12.0 Å². The number of benzene rings is 1. The zero-order chi connectivity index (χ0) is 20.6. The summed E-state index contributed by atoms with van der Waals surface area (Å²) < 4.78 is 3.71. The number of aliphatic hydroxyl groups is 1. The lowest BCUT2D eigenvalue weighted by Gasteiger charge is -2.21. The number of likely N-dealkylation sites (tertiary alicyclic amines) is 1. The molecule has 0 radical (unpaired) electrons. The Morgan fingerprint density at radius 3 is 2.72 bits per heavy atom. The van der Waals surface area contributed by atoms with E-state index >= 15 is 0 Å². The average Bonchev–Trinajstić information content (AvgIpc) is 3.41. The molecule has 1 saturated heterocycles. The number of nitrogens with zero attached hydrogens (tertiary/aromatic N) is 6. The van der Waals surface area contributed by atoms with Crippen molar-refractivity contribution in [3.05, 3.63) is 54.8 Å². The van der Waals surface area contributed by atoms with Gasteiger partial charge < -0.3 is 10.0 Å². The maximum absolute atomic E-state index is 10.3. The van der Waals surface area contributed by atoms with Crippen molar-refractivity contribution in [2.45, 2.75) is 25.9 Å². The average molecular weight is 390 g/mol. The molecule has 7 nitrogen and oxygen atoms in total. The van der Waals surface area contributed by atoms with Gasteiger partial charge >= 0.3 is 0 Å². The highest BCUT2D eigenvalue weighted by Gasteiger charge is 2.32. The normalized spacial score (nSPS) is 20.6. The van der Waals surface area contributed by atoms with Gasteiger partial charge in [0.2, 0.25) is 0 Å². The molecule has 3 aromatic rings. The molecule has 1 fully saturated rings. The highest BCUT2D eigenvalue weighted by atomic mass is 16.3. The van der Waals surface area contributed by atoms with Crippen LogP contribution in [0.3, 0.4) is 0 Å². The maximum atomic E-state index is 10.3. The number of hydrogen-bond donors (Lipinski definition) is 1. The number of aryl methyl sites for hydroxylation is 1. The number of fused-ring (bicyclic) bond motifs is 1. The molecule has 3 heterocycles. The molecule has 0 aliphatic carbocycles. The molecular formula is C22H26N6O. The lowest BCUT2D eigenvalue weighted by atomic mass is 10.1. The minimum absolute atomic E-state index is 0.542. The minimum atomic E-state index is -0.698. The van der Waals surface area contributed by atoms with E-state index in [-0.39, 0.29) is 0 Å². The Morgan fingerprint density at radius 1 is 1.28 bits per heavy atom. The van der Waals surface area contributed by atoms with Crippen LogP contribution in [-0.4, -0.2) is 55.0 Å². The van der Waals surface area contributed by atoms with Gasteiger partial charge in [-0.25, -0.2) is 9.67 Å². The Morgan fingerprint density at radius 2 is 2.10 bits per heavy atom. The van der Waals surface area contributed by atoms with Gasteiger partial charge in [-0.3, -0.25) is 4.68 Å². The predicted octanol–water partition coefficient (Wildman–Crippen LogP) is 3.30. The molecule has 0 amide bonds. The summed E-state index contributed by atoms with van der Waals surface area (Å²) in [4.78, 5) is 6.27. The summed E-state index contributed by atoms with van der Waals surface area (Å²) in [6.07, 6.45) is 10.4. The lowest BCUT2D eigenvalue weighted by molar-refractivity contribution is 0.0724. The summed E-state index contributed by atoms with van der Waals surface area (Å²) in [5, 5.41) is 20.2. The van der Waals surface area contributed by atoms with Crippen LogP contribution in [0.1, 0.15) is 20.3 Å². The van der Waals surface area contributed by atoms with E-state index in [1.54, 1.807) is 4.68 Å². The standard InChI is InChI=1S/C22H26N6O/c1-5-19(11-21(23-3)27-9-8-22(2,29)15-27)28-20-10-16(6-7-17(20)12-25-28)18-13-24-26(4)14-18/h5-7,10-14,29H,3,8-9,15H2,1-2,4H3/b19-5+,21-11+. The van der Waals surface area contributed by atoms with Crippen LogP contribution < -0.4 is 0 Å². The van der Waals surface area contributed by atoms with Crippen LogP contribution in [0.25, 0.3) is 27.7 Å². The molecule has 7 heteroatoms. The molecule has 1 N–H and O–H groups in total. The third kappa shape index (κ3) is 3.73. The summed E-state index contributed by atoms with van der Waals surface area (Å²) in [6, 6.07) is 6.28. The van der Waals surface area contributed by atoms with Gasteiger partial charge in [0.05, 0.1) is 29.2 Å². The van der Waals surface area contributed by atoms with Crippen molar-refractivity contribution in [3.8, 4) is 11.1 Å². The summed E-state index contributed by atoms with van der Waals surface area (Å²) in [7, 11) is 1.91. The maximum Gasteiger partial charge on any atom is 0.129 e. The smallest absolute Gasteiger partial charge is 0.129 e. The van der Waals surface area contributed by atoms with E-state index < -0.39 is 5.60 Å². The molecule has 1 aliphatic heterocycles. The number of β-amino-alcohol motifs (C(OH)–C–C–N with tert-alkyl or cyclic N) is 1. The van der Waals surface area contributed by atoms with Crippen LogP contribution >= 0.6 is 0 Å². The van der Waals surface area contributed by atoms with Gasteiger partial charge in [-0.15, -0.1) is 0 Å². The second kappa shape index (κ2) is 7.33. The van der Waals surface area contributed by atoms with Crippen LogP contribution in [-0.2, 0) is 7.05 Å². The lowest BCUT2D eigenvalue weighted by Crippen LogP contribution is -2.29. The number of aliphatic imine (C=N–C) groups is 1. The topological polar surface area (TPSA) is 71.5 Å². The monoisotopic (exact) mass is 390 g/mol. The Labute approximate surface area is 170 Å². The number of hydrogen-bond acceptors (Lipinski definition) is 5. The van der Waals surface area contributed by atoms with Crippen molar-refractivity contribution < 1.29 is 5.11 Å². The fourth-order valence-electron chi connectivity index (χ4n) is 3.75. The Kier molecular flexibility index (Phi) is 4.84. The molecule has 150 valence electrons. The molecule has 1 unspecified atom stereocenters. The summed E-state index contributed by atoms with van der Waals surface area (Å²) in [6.45, 7) is 8.85. The largest absolute Gasteiger partial charge is 0.388 e. The Bertz CT molecular complexity index is 1120. The van der Waals surface area contributed by atoms with Crippen molar-refractivity contribution in [2.75, 3.05) is 13.1 Å². The summed E-state index contributed by atoms with van der Waals surface area (Å²) in [5.74, 6) is 0.739. The van der Waals surface area contributed by atoms with Crippen LogP contribution in [0.15, 0.2) is 59.8 Å². The molecule has 2 aromatic heterocycles. The first-order chi connectivity index (χ1) is 13.9. The minimum Gasteiger partial charge on any atom is -0.388 e. The fraction of sp³-hybridized carbons (Fsp3) is 0.318. The van der Waals surface area contributed by atoms with Gasteiger partial charge in [-0.1, -0.05) is 18.2 Å². The Hall–Kier alpha value is -3.19. The Balaban J connectivity index is 1.73. The third-order valence-electron chi connectivity index (χ3n) is 5.36. The van der Waals surface area contributed by atoms with E-state index in [4.69, 9.17) is 0 Å². The number of aromatic nitrogens is 4. The first kappa shape index (κ1) is 19.1. The molecule has 1 atom stereocenters.